The Morgan fingerprint density at radius 1 is 1.22 bits per heavy atom. The van der Waals surface area contributed by atoms with Crippen LogP contribution < -0.4 is 4.72 Å². The highest BCUT2D eigenvalue weighted by Crippen LogP contribution is 2.36. The highest BCUT2D eigenvalue weighted by Gasteiger charge is 2.17. The molecule has 2 aromatic carbocycles. The van der Waals surface area contributed by atoms with Gasteiger partial charge in [0.05, 0.1) is 10.6 Å². The number of hydrogen-bond acceptors (Lipinski definition) is 4. The predicted octanol–water partition coefficient (Wildman–Crippen LogP) is 2.00. The fraction of sp³-hybridized carbons (Fsp3) is 0. The van der Waals surface area contributed by atoms with E-state index in [2.05, 4.69) is 4.72 Å². The standard InChI is InChI=1S/C10H8N2O5S/c13-10-7-2-1-3-8(11-18(16)17)6(7)4-5-9(10)12(14)15/h1-5,11,13H,(H,16,17). The van der Waals surface area contributed by atoms with E-state index in [-0.39, 0.29) is 5.39 Å². The van der Waals surface area contributed by atoms with Crippen LogP contribution in [0.1, 0.15) is 0 Å². The molecule has 1 atom stereocenters. The van der Waals surface area contributed by atoms with E-state index in [4.69, 9.17) is 4.55 Å². The maximum absolute atomic E-state index is 10.7. The lowest BCUT2D eigenvalue weighted by Gasteiger charge is -2.07. The summed E-state index contributed by atoms with van der Waals surface area (Å²) >= 11 is -2.26. The third kappa shape index (κ3) is 2.11. The molecular weight excluding hydrogens is 260 g/mol. The topological polar surface area (TPSA) is 113 Å². The summed E-state index contributed by atoms with van der Waals surface area (Å²) in [4.78, 5) is 9.97. The fourth-order valence-electron chi connectivity index (χ4n) is 1.66. The molecular formula is C10H8N2O5S. The fourth-order valence-corrected chi connectivity index (χ4v) is 2.03. The van der Waals surface area contributed by atoms with Gasteiger partial charge < -0.3 is 5.11 Å². The van der Waals surface area contributed by atoms with Crippen molar-refractivity contribution in [1.82, 2.24) is 0 Å². The molecule has 2 aromatic rings. The van der Waals surface area contributed by atoms with E-state index >= 15 is 0 Å². The maximum Gasteiger partial charge on any atom is 0.311 e. The minimum absolute atomic E-state index is 0.236. The molecule has 8 heteroatoms. The molecule has 0 bridgehead atoms. The monoisotopic (exact) mass is 268 g/mol. The lowest BCUT2D eigenvalue weighted by Crippen LogP contribution is -2.02. The van der Waals surface area contributed by atoms with Crippen LogP contribution in [0.25, 0.3) is 10.8 Å². The first-order valence-electron chi connectivity index (χ1n) is 4.77. The van der Waals surface area contributed by atoms with Crippen molar-refractivity contribution in [1.29, 1.82) is 0 Å². The van der Waals surface area contributed by atoms with Crippen molar-refractivity contribution >= 4 is 33.4 Å². The van der Waals surface area contributed by atoms with Gasteiger partial charge in [-0.15, -0.1) is 0 Å². The number of hydrogen-bond donors (Lipinski definition) is 3. The number of nitro groups is 1. The highest BCUT2D eigenvalue weighted by molar-refractivity contribution is 7.80. The molecule has 0 aliphatic heterocycles. The number of phenols is 1. The minimum atomic E-state index is -2.26. The number of nitrogens with zero attached hydrogens (tertiary/aromatic N) is 1. The molecule has 0 spiro atoms. The van der Waals surface area contributed by atoms with Gasteiger partial charge in [0.15, 0.2) is 0 Å². The Hall–Kier alpha value is -2.19. The molecule has 0 fully saturated rings. The minimum Gasteiger partial charge on any atom is -0.502 e. The van der Waals surface area contributed by atoms with E-state index in [1.165, 1.54) is 24.3 Å². The van der Waals surface area contributed by atoms with Gasteiger partial charge in [-0.25, -0.2) is 4.21 Å². The Balaban J connectivity index is 2.70. The van der Waals surface area contributed by atoms with E-state index in [1.54, 1.807) is 0 Å². The Labute approximate surface area is 104 Å². The zero-order valence-corrected chi connectivity index (χ0v) is 9.68. The van der Waals surface area contributed by atoms with Gasteiger partial charge in [-0.1, -0.05) is 12.1 Å². The van der Waals surface area contributed by atoms with Crippen molar-refractivity contribution in [3.05, 3.63) is 40.4 Å². The van der Waals surface area contributed by atoms with Crippen molar-refractivity contribution in [3.63, 3.8) is 0 Å². The van der Waals surface area contributed by atoms with E-state index in [1.807, 2.05) is 0 Å². The number of fused-ring (bicyclic) bond motifs is 1. The molecule has 0 saturated heterocycles. The quantitative estimate of drug-likeness (QED) is 0.447. The SMILES string of the molecule is O=[N+]([O-])c1ccc2c(NS(=O)O)cccc2c1O. The van der Waals surface area contributed by atoms with Gasteiger partial charge in [0, 0.05) is 16.8 Å². The van der Waals surface area contributed by atoms with Crippen LogP contribution in [0, 0.1) is 10.1 Å². The zero-order valence-electron chi connectivity index (χ0n) is 8.86. The van der Waals surface area contributed by atoms with Crippen LogP contribution in [-0.2, 0) is 11.3 Å². The maximum atomic E-state index is 10.7. The zero-order chi connectivity index (χ0) is 13.3. The summed E-state index contributed by atoms with van der Waals surface area (Å²) < 4.78 is 21.7. The van der Waals surface area contributed by atoms with Crippen LogP contribution in [0.5, 0.6) is 5.75 Å². The normalized spacial score (nSPS) is 12.3. The third-order valence-corrected chi connectivity index (χ3v) is 2.80. The van der Waals surface area contributed by atoms with Gasteiger partial charge >= 0.3 is 5.69 Å². The highest BCUT2D eigenvalue weighted by atomic mass is 32.2. The molecule has 0 aliphatic rings. The van der Waals surface area contributed by atoms with E-state index < -0.39 is 27.6 Å². The van der Waals surface area contributed by atoms with Crippen molar-refractivity contribution in [3.8, 4) is 5.75 Å². The lowest BCUT2D eigenvalue weighted by atomic mass is 10.1. The van der Waals surface area contributed by atoms with Crippen LogP contribution >= 0.6 is 0 Å². The molecule has 94 valence electrons. The van der Waals surface area contributed by atoms with Gasteiger partial charge in [0.2, 0.25) is 5.75 Å². The first-order valence-corrected chi connectivity index (χ1v) is 5.88. The van der Waals surface area contributed by atoms with Gasteiger partial charge in [-0.2, -0.15) is 0 Å². The van der Waals surface area contributed by atoms with Crippen LogP contribution in [0.2, 0.25) is 0 Å². The molecule has 7 nitrogen and oxygen atoms in total. The Morgan fingerprint density at radius 3 is 2.56 bits per heavy atom. The molecule has 2 rings (SSSR count). The average molecular weight is 268 g/mol. The number of phenolic OH excluding ortho intramolecular Hbond substituents is 1. The largest absolute Gasteiger partial charge is 0.502 e. The van der Waals surface area contributed by atoms with Crippen molar-refractivity contribution < 1.29 is 18.8 Å². The summed E-state index contributed by atoms with van der Waals surface area (Å²) in [5.41, 5.74) is -0.108. The molecule has 0 amide bonds. The first-order chi connectivity index (χ1) is 8.50. The number of aromatic hydroxyl groups is 1. The van der Waals surface area contributed by atoms with E-state index in [0.717, 1.165) is 6.07 Å². The number of anilines is 1. The molecule has 3 N–H and O–H groups in total. The molecule has 18 heavy (non-hydrogen) atoms. The second-order valence-electron chi connectivity index (χ2n) is 3.44. The summed E-state index contributed by atoms with van der Waals surface area (Å²) in [6.07, 6.45) is 0. The van der Waals surface area contributed by atoms with Crippen molar-refractivity contribution in [2.45, 2.75) is 0 Å². The number of nitro benzene ring substituents is 1. The third-order valence-electron chi connectivity index (χ3n) is 2.41. The van der Waals surface area contributed by atoms with Crippen molar-refractivity contribution in [2.24, 2.45) is 0 Å². The van der Waals surface area contributed by atoms with Gasteiger partial charge in [0.1, 0.15) is 0 Å². The summed E-state index contributed by atoms with van der Waals surface area (Å²) in [6, 6.07) is 7.08. The molecule has 0 heterocycles. The number of benzene rings is 2. The van der Waals surface area contributed by atoms with Crippen LogP contribution in [0.15, 0.2) is 30.3 Å². The van der Waals surface area contributed by atoms with Crippen LogP contribution in [0.4, 0.5) is 11.4 Å². The van der Waals surface area contributed by atoms with Crippen LogP contribution in [0.3, 0.4) is 0 Å². The van der Waals surface area contributed by atoms with Gasteiger partial charge in [-0.05, 0) is 12.1 Å². The summed E-state index contributed by atoms with van der Waals surface area (Å²) in [5, 5.41) is 21.1. The second kappa shape index (κ2) is 4.59. The molecule has 0 aliphatic carbocycles. The Kier molecular flexibility index (Phi) is 3.13. The molecule has 1 unspecified atom stereocenters. The molecule has 0 saturated carbocycles. The summed E-state index contributed by atoms with van der Waals surface area (Å²) in [7, 11) is 0. The predicted molar refractivity (Wildman–Crippen MR) is 66.7 cm³/mol. The second-order valence-corrected chi connectivity index (χ2v) is 4.14. The Morgan fingerprint density at radius 2 is 1.94 bits per heavy atom. The lowest BCUT2D eigenvalue weighted by molar-refractivity contribution is -0.385. The number of rotatable bonds is 3. The van der Waals surface area contributed by atoms with E-state index in [0.29, 0.717) is 11.1 Å². The summed E-state index contributed by atoms with van der Waals surface area (Å²) in [6.45, 7) is 0. The molecule has 0 radical (unpaired) electrons. The van der Waals surface area contributed by atoms with Gasteiger partial charge in [0.25, 0.3) is 11.3 Å². The molecule has 0 aromatic heterocycles. The van der Waals surface area contributed by atoms with Crippen molar-refractivity contribution in [2.75, 3.05) is 4.72 Å². The van der Waals surface area contributed by atoms with Crippen LogP contribution in [-0.4, -0.2) is 18.8 Å². The van der Waals surface area contributed by atoms with E-state index in [9.17, 15) is 19.4 Å². The smallest absolute Gasteiger partial charge is 0.311 e. The Bertz CT molecular complexity index is 658. The first kappa shape index (κ1) is 12.3. The number of nitrogens with one attached hydrogen (secondary N) is 1. The van der Waals surface area contributed by atoms with Gasteiger partial charge in [-0.3, -0.25) is 19.4 Å². The summed E-state index contributed by atoms with van der Waals surface area (Å²) in [5.74, 6) is -0.468. The average Bonchev–Trinajstić information content (AvgIpc) is 2.29.